The molecule has 0 unspecified atom stereocenters. The van der Waals surface area contributed by atoms with Crippen LogP contribution in [0.3, 0.4) is 0 Å². The summed E-state index contributed by atoms with van der Waals surface area (Å²) in [4.78, 5) is 11.8. The van der Waals surface area contributed by atoms with Gasteiger partial charge in [0, 0.05) is 15.5 Å². The summed E-state index contributed by atoms with van der Waals surface area (Å²) < 4.78 is 18.1. The van der Waals surface area contributed by atoms with Crippen molar-refractivity contribution in [2.45, 2.75) is 6.61 Å². The van der Waals surface area contributed by atoms with E-state index in [2.05, 4.69) is 21.2 Å². The van der Waals surface area contributed by atoms with Crippen LogP contribution in [0.5, 0.6) is 0 Å². The SMILES string of the molecule is CP(C)(=O)c1cc(Br)cc(NC(=O)OCc2ccccc2)c1. The Morgan fingerprint density at radius 2 is 1.86 bits per heavy atom. The van der Waals surface area contributed by atoms with Crippen LogP contribution in [0, 0.1) is 0 Å². The van der Waals surface area contributed by atoms with E-state index >= 15 is 0 Å². The fourth-order valence-electron chi connectivity index (χ4n) is 1.83. The van der Waals surface area contributed by atoms with E-state index in [1.807, 2.05) is 30.3 Å². The predicted molar refractivity (Wildman–Crippen MR) is 93.5 cm³/mol. The van der Waals surface area contributed by atoms with E-state index in [1.165, 1.54) is 0 Å². The number of halogens is 1. The number of ether oxygens (including phenoxy) is 1. The van der Waals surface area contributed by atoms with Gasteiger partial charge in [0.1, 0.15) is 13.7 Å². The number of carbonyl (C=O) groups is 1. The normalized spacial score (nSPS) is 11.0. The van der Waals surface area contributed by atoms with E-state index < -0.39 is 13.2 Å². The van der Waals surface area contributed by atoms with Gasteiger partial charge < -0.3 is 9.30 Å². The zero-order valence-corrected chi connectivity index (χ0v) is 14.9. The van der Waals surface area contributed by atoms with Crippen LogP contribution in [0.15, 0.2) is 53.0 Å². The van der Waals surface area contributed by atoms with Gasteiger partial charge in [-0.05, 0) is 37.1 Å². The fraction of sp³-hybridized carbons (Fsp3) is 0.188. The molecule has 1 N–H and O–H groups in total. The maximum atomic E-state index is 12.2. The van der Waals surface area contributed by atoms with Crippen LogP contribution in [0.25, 0.3) is 0 Å². The number of anilines is 1. The Hall–Kier alpha value is -1.58. The molecule has 2 rings (SSSR count). The third-order valence-corrected chi connectivity index (χ3v) is 4.92. The molecule has 0 spiro atoms. The van der Waals surface area contributed by atoms with Crippen molar-refractivity contribution in [2.75, 3.05) is 18.6 Å². The fourth-order valence-corrected chi connectivity index (χ4v) is 3.40. The number of rotatable bonds is 4. The van der Waals surface area contributed by atoms with Crippen molar-refractivity contribution >= 4 is 40.2 Å². The standard InChI is InChI=1S/C16H17BrNO3P/c1-22(2,20)15-9-13(17)8-14(10-15)18-16(19)21-11-12-6-4-3-5-7-12/h3-10H,11H2,1-2H3,(H,18,19). The van der Waals surface area contributed by atoms with Gasteiger partial charge in [-0.15, -0.1) is 0 Å². The summed E-state index contributed by atoms with van der Waals surface area (Å²) >= 11 is 3.36. The second-order valence-electron chi connectivity index (χ2n) is 5.24. The van der Waals surface area contributed by atoms with Crippen LogP contribution in [0.1, 0.15) is 5.56 Å². The van der Waals surface area contributed by atoms with Crippen molar-refractivity contribution in [1.82, 2.24) is 0 Å². The van der Waals surface area contributed by atoms with Crippen molar-refractivity contribution in [2.24, 2.45) is 0 Å². The summed E-state index contributed by atoms with van der Waals surface area (Å²) in [5.74, 6) is 0. The number of hydrogen-bond acceptors (Lipinski definition) is 3. The van der Waals surface area contributed by atoms with E-state index in [4.69, 9.17) is 4.74 Å². The molecule has 0 heterocycles. The molecular weight excluding hydrogens is 365 g/mol. The molecule has 0 aliphatic heterocycles. The first-order valence-electron chi connectivity index (χ1n) is 6.68. The molecule has 0 aliphatic carbocycles. The first kappa shape index (κ1) is 16.8. The van der Waals surface area contributed by atoms with E-state index in [9.17, 15) is 9.36 Å². The van der Waals surface area contributed by atoms with Gasteiger partial charge in [-0.1, -0.05) is 46.3 Å². The smallest absolute Gasteiger partial charge is 0.411 e. The highest BCUT2D eigenvalue weighted by molar-refractivity contribution is 9.10. The molecular formula is C16H17BrNO3P. The van der Waals surface area contributed by atoms with Crippen molar-refractivity contribution in [3.63, 3.8) is 0 Å². The van der Waals surface area contributed by atoms with Gasteiger partial charge in [-0.3, -0.25) is 5.32 Å². The van der Waals surface area contributed by atoms with Crippen molar-refractivity contribution in [3.8, 4) is 0 Å². The summed E-state index contributed by atoms with van der Waals surface area (Å²) in [5, 5.41) is 3.35. The van der Waals surface area contributed by atoms with Crippen LogP contribution >= 0.6 is 23.1 Å². The molecule has 0 fully saturated rings. The zero-order valence-electron chi connectivity index (χ0n) is 12.4. The van der Waals surface area contributed by atoms with E-state index in [1.54, 1.807) is 31.5 Å². The average Bonchev–Trinajstić information content (AvgIpc) is 2.45. The third-order valence-electron chi connectivity index (χ3n) is 2.96. The van der Waals surface area contributed by atoms with Crippen LogP contribution in [0.4, 0.5) is 10.5 Å². The third kappa shape index (κ3) is 5.00. The Morgan fingerprint density at radius 1 is 1.18 bits per heavy atom. The average molecular weight is 382 g/mol. The zero-order chi connectivity index (χ0) is 16.2. The van der Waals surface area contributed by atoms with Crippen molar-refractivity contribution in [1.29, 1.82) is 0 Å². The Labute approximate surface area is 138 Å². The van der Waals surface area contributed by atoms with Crippen LogP contribution < -0.4 is 10.6 Å². The van der Waals surface area contributed by atoms with Gasteiger partial charge in [0.2, 0.25) is 0 Å². The lowest BCUT2D eigenvalue weighted by molar-refractivity contribution is 0.155. The molecule has 2 aromatic carbocycles. The molecule has 116 valence electrons. The van der Waals surface area contributed by atoms with Gasteiger partial charge in [-0.2, -0.15) is 0 Å². The Kier molecular flexibility index (Phi) is 5.43. The number of nitrogens with one attached hydrogen (secondary N) is 1. The minimum absolute atomic E-state index is 0.202. The maximum absolute atomic E-state index is 12.2. The number of amides is 1. The Morgan fingerprint density at radius 3 is 2.50 bits per heavy atom. The molecule has 22 heavy (non-hydrogen) atoms. The predicted octanol–water partition coefficient (Wildman–Crippen LogP) is 4.45. The summed E-state index contributed by atoms with van der Waals surface area (Å²) in [6, 6.07) is 14.7. The lowest BCUT2D eigenvalue weighted by Crippen LogP contribution is -2.15. The summed E-state index contributed by atoms with van der Waals surface area (Å²) in [6.07, 6.45) is -0.546. The topological polar surface area (TPSA) is 55.4 Å². The quantitative estimate of drug-likeness (QED) is 0.796. The van der Waals surface area contributed by atoms with E-state index in [-0.39, 0.29) is 6.61 Å². The number of carbonyl (C=O) groups excluding carboxylic acids is 1. The molecule has 4 nitrogen and oxygen atoms in total. The largest absolute Gasteiger partial charge is 0.444 e. The molecule has 0 bridgehead atoms. The highest BCUT2D eigenvalue weighted by atomic mass is 79.9. The molecule has 6 heteroatoms. The van der Waals surface area contributed by atoms with E-state index in [0.717, 1.165) is 10.0 Å². The van der Waals surface area contributed by atoms with Gasteiger partial charge in [0.05, 0.1) is 0 Å². The first-order chi connectivity index (χ1) is 10.3. The van der Waals surface area contributed by atoms with Crippen molar-refractivity contribution < 1.29 is 14.1 Å². The Bertz CT molecular complexity index is 713. The highest BCUT2D eigenvalue weighted by Crippen LogP contribution is 2.36. The minimum atomic E-state index is -2.40. The number of benzene rings is 2. The molecule has 0 aliphatic rings. The maximum Gasteiger partial charge on any atom is 0.411 e. The second-order valence-corrected chi connectivity index (χ2v) is 9.37. The molecule has 0 aromatic heterocycles. The molecule has 0 radical (unpaired) electrons. The lowest BCUT2D eigenvalue weighted by atomic mass is 10.2. The van der Waals surface area contributed by atoms with Gasteiger partial charge in [0.15, 0.2) is 0 Å². The second kappa shape index (κ2) is 7.12. The molecule has 0 saturated carbocycles. The van der Waals surface area contributed by atoms with Crippen molar-refractivity contribution in [3.05, 3.63) is 58.6 Å². The van der Waals surface area contributed by atoms with Gasteiger partial charge in [0.25, 0.3) is 0 Å². The lowest BCUT2D eigenvalue weighted by Gasteiger charge is -2.12. The van der Waals surface area contributed by atoms with E-state index in [0.29, 0.717) is 11.0 Å². The molecule has 1 amide bonds. The summed E-state index contributed by atoms with van der Waals surface area (Å²) in [6.45, 7) is 3.58. The Balaban J connectivity index is 2.02. The van der Waals surface area contributed by atoms with Gasteiger partial charge in [-0.25, -0.2) is 4.79 Å². The van der Waals surface area contributed by atoms with Crippen LogP contribution in [0.2, 0.25) is 0 Å². The summed E-state index contributed by atoms with van der Waals surface area (Å²) in [7, 11) is -2.40. The van der Waals surface area contributed by atoms with Crippen LogP contribution in [-0.4, -0.2) is 19.4 Å². The number of hydrogen-bond donors (Lipinski definition) is 1. The monoisotopic (exact) mass is 381 g/mol. The molecule has 0 saturated heterocycles. The highest BCUT2D eigenvalue weighted by Gasteiger charge is 2.14. The first-order valence-corrected chi connectivity index (χ1v) is 10.1. The van der Waals surface area contributed by atoms with Gasteiger partial charge >= 0.3 is 6.09 Å². The molecule has 2 aromatic rings. The summed E-state index contributed by atoms with van der Waals surface area (Å²) in [5.41, 5.74) is 1.46. The molecule has 0 atom stereocenters. The van der Waals surface area contributed by atoms with Crippen LogP contribution in [-0.2, 0) is 15.9 Å². The minimum Gasteiger partial charge on any atom is -0.444 e.